The van der Waals surface area contributed by atoms with Gasteiger partial charge in [0.2, 0.25) is 0 Å². The van der Waals surface area contributed by atoms with Crippen LogP contribution >= 0.6 is 0 Å². The smallest absolute Gasteiger partial charge is 0.0462 e. The van der Waals surface area contributed by atoms with E-state index in [9.17, 15) is 0 Å². The number of nitrogens with one attached hydrogen (secondary N) is 1. The van der Waals surface area contributed by atoms with Crippen LogP contribution in [0.3, 0.4) is 0 Å². The highest BCUT2D eigenvalue weighted by molar-refractivity contribution is 5.24. The van der Waals surface area contributed by atoms with Crippen molar-refractivity contribution in [3.63, 3.8) is 0 Å². The Morgan fingerprint density at radius 2 is 1.79 bits per heavy atom. The Morgan fingerprint density at radius 3 is 2.37 bits per heavy atom. The molecular formula is C17H29NO. The van der Waals surface area contributed by atoms with Gasteiger partial charge in [0.25, 0.3) is 0 Å². The van der Waals surface area contributed by atoms with Crippen molar-refractivity contribution in [1.29, 1.82) is 0 Å². The van der Waals surface area contributed by atoms with Crippen molar-refractivity contribution in [2.75, 3.05) is 26.8 Å². The van der Waals surface area contributed by atoms with Gasteiger partial charge in [0.05, 0.1) is 0 Å². The fraction of sp³-hybridized carbons (Fsp3) is 0.647. The first-order valence-electron chi connectivity index (χ1n) is 7.39. The van der Waals surface area contributed by atoms with E-state index in [1.807, 2.05) is 0 Å². The molecule has 1 unspecified atom stereocenters. The monoisotopic (exact) mass is 263 g/mol. The Labute approximate surface area is 118 Å². The van der Waals surface area contributed by atoms with Gasteiger partial charge in [-0.1, -0.05) is 43.7 Å². The van der Waals surface area contributed by atoms with Crippen molar-refractivity contribution in [2.45, 2.75) is 39.5 Å². The van der Waals surface area contributed by atoms with Crippen LogP contribution in [0.1, 0.15) is 43.7 Å². The second-order valence-corrected chi connectivity index (χ2v) is 5.79. The van der Waals surface area contributed by atoms with E-state index in [0.29, 0.717) is 11.8 Å². The standard InChI is InChI=1S/C17H29NO/c1-14(2)12-18-13-17(6-5-11-19-4)16-9-7-15(3)8-10-16/h7-10,14,17-18H,5-6,11-13H2,1-4H3. The van der Waals surface area contributed by atoms with Crippen molar-refractivity contribution in [3.05, 3.63) is 35.4 Å². The lowest BCUT2D eigenvalue weighted by Gasteiger charge is -2.19. The number of rotatable bonds is 9. The van der Waals surface area contributed by atoms with Gasteiger partial charge in [-0.3, -0.25) is 0 Å². The highest BCUT2D eigenvalue weighted by Gasteiger charge is 2.11. The van der Waals surface area contributed by atoms with E-state index in [-0.39, 0.29) is 0 Å². The largest absolute Gasteiger partial charge is 0.385 e. The van der Waals surface area contributed by atoms with Gasteiger partial charge >= 0.3 is 0 Å². The average molecular weight is 263 g/mol. The molecule has 0 aliphatic carbocycles. The molecule has 108 valence electrons. The third-order valence-electron chi connectivity index (χ3n) is 3.39. The third kappa shape index (κ3) is 6.74. The molecule has 0 heterocycles. The lowest BCUT2D eigenvalue weighted by atomic mass is 9.93. The Kier molecular flexibility index (Phi) is 7.76. The fourth-order valence-electron chi connectivity index (χ4n) is 2.25. The fourth-order valence-corrected chi connectivity index (χ4v) is 2.25. The van der Waals surface area contributed by atoms with Crippen LogP contribution < -0.4 is 5.32 Å². The minimum Gasteiger partial charge on any atom is -0.385 e. The molecule has 1 aromatic rings. The zero-order valence-corrected chi connectivity index (χ0v) is 12.9. The Bertz CT molecular complexity index is 332. The molecule has 0 saturated heterocycles. The first-order valence-corrected chi connectivity index (χ1v) is 7.39. The number of methoxy groups -OCH3 is 1. The van der Waals surface area contributed by atoms with E-state index in [2.05, 4.69) is 50.4 Å². The molecule has 0 amide bonds. The highest BCUT2D eigenvalue weighted by Crippen LogP contribution is 2.21. The first kappa shape index (κ1) is 16.2. The number of aryl methyl sites for hydroxylation is 1. The third-order valence-corrected chi connectivity index (χ3v) is 3.39. The van der Waals surface area contributed by atoms with Gasteiger partial charge in [0.15, 0.2) is 0 Å². The maximum atomic E-state index is 5.17. The van der Waals surface area contributed by atoms with E-state index in [4.69, 9.17) is 4.74 Å². The van der Waals surface area contributed by atoms with Crippen molar-refractivity contribution in [1.82, 2.24) is 5.32 Å². The van der Waals surface area contributed by atoms with E-state index in [1.165, 1.54) is 17.5 Å². The maximum absolute atomic E-state index is 5.17. The quantitative estimate of drug-likeness (QED) is 0.685. The van der Waals surface area contributed by atoms with E-state index < -0.39 is 0 Å². The van der Waals surface area contributed by atoms with Crippen molar-refractivity contribution in [2.24, 2.45) is 5.92 Å². The van der Waals surface area contributed by atoms with Crippen LogP contribution in [0, 0.1) is 12.8 Å². The summed E-state index contributed by atoms with van der Waals surface area (Å²) in [5, 5.41) is 3.58. The van der Waals surface area contributed by atoms with Gasteiger partial charge < -0.3 is 10.1 Å². The molecule has 2 heteroatoms. The molecule has 0 aliphatic heterocycles. The van der Waals surface area contributed by atoms with Crippen molar-refractivity contribution >= 4 is 0 Å². The number of hydrogen-bond acceptors (Lipinski definition) is 2. The lowest BCUT2D eigenvalue weighted by Crippen LogP contribution is -2.25. The molecule has 0 fully saturated rings. The summed E-state index contributed by atoms with van der Waals surface area (Å²) in [5.41, 5.74) is 2.77. The first-order chi connectivity index (χ1) is 9.13. The predicted octanol–water partition coefficient (Wildman–Crippen LogP) is 3.75. The number of hydrogen-bond donors (Lipinski definition) is 1. The molecule has 0 bridgehead atoms. The van der Waals surface area contributed by atoms with Crippen molar-refractivity contribution in [3.8, 4) is 0 Å². The van der Waals surface area contributed by atoms with Crippen LogP contribution in [-0.4, -0.2) is 26.8 Å². The second-order valence-electron chi connectivity index (χ2n) is 5.79. The zero-order valence-electron chi connectivity index (χ0n) is 12.9. The molecule has 0 aliphatic rings. The summed E-state index contributed by atoms with van der Waals surface area (Å²) < 4.78 is 5.17. The number of benzene rings is 1. The molecule has 0 aromatic heterocycles. The maximum Gasteiger partial charge on any atom is 0.0462 e. The summed E-state index contributed by atoms with van der Waals surface area (Å²) >= 11 is 0. The minimum atomic E-state index is 0.592. The van der Waals surface area contributed by atoms with E-state index in [1.54, 1.807) is 7.11 Å². The highest BCUT2D eigenvalue weighted by atomic mass is 16.5. The molecule has 1 N–H and O–H groups in total. The molecule has 1 rings (SSSR count). The Balaban J connectivity index is 2.54. The molecule has 1 aromatic carbocycles. The van der Waals surface area contributed by atoms with Gasteiger partial charge in [-0.05, 0) is 43.7 Å². The SMILES string of the molecule is COCCCC(CNCC(C)C)c1ccc(C)cc1. The van der Waals surface area contributed by atoms with Crippen LogP contribution in [0.5, 0.6) is 0 Å². The molecule has 0 saturated carbocycles. The average Bonchev–Trinajstić information content (AvgIpc) is 2.38. The van der Waals surface area contributed by atoms with Gasteiger partial charge in [-0.25, -0.2) is 0 Å². The lowest BCUT2D eigenvalue weighted by molar-refractivity contribution is 0.190. The van der Waals surface area contributed by atoms with Gasteiger partial charge in [-0.15, -0.1) is 0 Å². The minimum absolute atomic E-state index is 0.592. The molecule has 0 spiro atoms. The summed E-state index contributed by atoms with van der Waals surface area (Å²) in [7, 11) is 1.78. The van der Waals surface area contributed by atoms with Gasteiger partial charge in [0, 0.05) is 20.3 Å². The Hall–Kier alpha value is -0.860. The van der Waals surface area contributed by atoms with Crippen LogP contribution in [0.2, 0.25) is 0 Å². The van der Waals surface area contributed by atoms with Gasteiger partial charge in [-0.2, -0.15) is 0 Å². The van der Waals surface area contributed by atoms with E-state index >= 15 is 0 Å². The second kappa shape index (κ2) is 9.11. The van der Waals surface area contributed by atoms with E-state index in [0.717, 1.165) is 26.1 Å². The summed E-state index contributed by atoms with van der Waals surface area (Å²) in [6.07, 6.45) is 2.31. The molecule has 1 atom stereocenters. The van der Waals surface area contributed by atoms with Gasteiger partial charge in [0.1, 0.15) is 0 Å². The van der Waals surface area contributed by atoms with Crippen LogP contribution in [-0.2, 0) is 4.74 Å². The molecule has 2 nitrogen and oxygen atoms in total. The van der Waals surface area contributed by atoms with Crippen molar-refractivity contribution < 1.29 is 4.74 Å². The van der Waals surface area contributed by atoms with Crippen LogP contribution in [0.15, 0.2) is 24.3 Å². The molecule has 0 radical (unpaired) electrons. The summed E-state index contributed by atoms with van der Waals surface area (Å²) in [6, 6.07) is 8.95. The Morgan fingerprint density at radius 1 is 1.11 bits per heavy atom. The summed E-state index contributed by atoms with van der Waals surface area (Å²) in [4.78, 5) is 0. The topological polar surface area (TPSA) is 21.3 Å². The molecule has 19 heavy (non-hydrogen) atoms. The van der Waals surface area contributed by atoms with Crippen LogP contribution in [0.25, 0.3) is 0 Å². The predicted molar refractivity (Wildman–Crippen MR) is 82.7 cm³/mol. The molecular weight excluding hydrogens is 234 g/mol. The number of ether oxygens (including phenoxy) is 1. The summed E-state index contributed by atoms with van der Waals surface area (Å²) in [5.74, 6) is 1.30. The normalized spacial score (nSPS) is 12.9. The van der Waals surface area contributed by atoms with Crippen LogP contribution in [0.4, 0.5) is 0 Å². The zero-order chi connectivity index (χ0) is 14.1. The summed E-state index contributed by atoms with van der Waals surface area (Å²) in [6.45, 7) is 9.64.